The van der Waals surface area contributed by atoms with Crippen LogP contribution in [0.5, 0.6) is 5.75 Å². The molecule has 0 saturated carbocycles. The van der Waals surface area contributed by atoms with Crippen LogP contribution in [0.1, 0.15) is 18.1 Å². The third-order valence-corrected chi connectivity index (χ3v) is 3.81. The molecule has 0 radical (unpaired) electrons. The van der Waals surface area contributed by atoms with Crippen LogP contribution in [-0.4, -0.2) is 6.04 Å². The Hall–Kier alpha value is -1.10. The Morgan fingerprint density at radius 2 is 2.00 bits per heavy atom. The third-order valence-electron chi connectivity index (χ3n) is 2.96. The Labute approximate surface area is 137 Å². The number of halogens is 3. The Morgan fingerprint density at radius 1 is 1.24 bits per heavy atom. The number of nitrogens with two attached hydrogens (primary N) is 1. The second kappa shape index (κ2) is 7.25. The summed E-state index contributed by atoms with van der Waals surface area (Å²) in [7, 11) is 0. The lowest BCUT2D eigenvalue weighted by atomic mass is 10.1. The van der Waals surface area contributed by atoms with E-state index in [4.69, 9.17) is 22.1 Å². The van der Waals surface area contributed by atoms with E-state index in [-0.39, 0.29) is 11.9 Å². The first kappa shape index (κ1) is 16.3. The van der Waals surface area contributed by atoms with E-state index in [2.05, 4.69) is 15.9 Å². The van der Waals surface area contributed by atoms with Gasteiger partial charge < -0.3 is 10.5 Å². The van der Waals surface area contributed by atoms with E-state index in [1.165, 1.54) is 12.1 Å². The van der Waals surface area contributed by atoms with Crippen LogP contribution in [0.15, 0.2) is 40.9 Å². The van der Waals surface area contributed by atoms with Crippen molar-refractivity contribution >= 4 is 27.5 Å². The predicted molar refractivity (Wildman–Crippen MR) is 87.2 cm³/mol. The van der Waals surface area contributed by atoms with Crippen molar-refractivity contribution < 1.29 is 9.13 Å². The van der Waals surface area contributed by atoms with Crippen molar-refractivity contribution in [2.75, 3.05) is 0 Å². The SMILES string of the molecule is CC(N)Cc1cc(F)ccc1OCc1ccc(Br)cc1Cl. The molecule has 0 aliphatic heterocycles. The van der Waals surface area contributed by atoms with Crippen molar-refractivity contribution in [2.45, 2.75) is 26.0 Å². The fraction of sp³-hybridized carbons (Fsp3) is 0.250. The third kappa shape index (κ3) is 4.70. The molecule has 0 fully saturated rings. The highest BCUT2D eigenvalue weighted by atomic mass is 79.9. The van der Waals surface area contributed by atoms with Gasteiger partial charge in [0.2, 0.25) is 0 Å². The summed E-state index contributed by atoms with van der Waals surface area (Å²) < 4.78 is 20.0. The quantitative estimate of drug-likeness (QED) is 0.825. The number of hydrogen-bond donors (Lipinski definition) is 1. The van der Waals surface area contributed by atoms with E-state index in [1.807, 2.05) is 25.1 Å². The second-order valence-corrected chi connectivity index (χ2v) is 6.28. The Morgan fingerprint density at radius 3 is 2.67 bits per heavy atom. The minimum atomic E-state index is -0.292. The summed E-state index contributed by atoms with van der Waals surface area (Å²) >= 11 is 9.51. The van der Waals surface area contributed by atoms with Gasteiger partial charge in [-0.2, -0.15) is 0 Å². The second-order valence-electron chi connectivity index (χ2n) is 4.96. The highest BCUT2D eigenvalue weighted by Gasteiger charge is 2.09. The van der Waals surface area contributed by atoms with Crippen molar-refractivity contribution in [1.29, 1.82) is 0 Å². The van der Waals surface area contributed by atoms with Gasteiger partial charge in [0, 0.05) is 21.1 Å². The average molecular weight is 373 g/mol. The van der Waals surface area contributed by atoms with Crippen molar-refractivity contribution in [3.63, 3.8) is 0 Å². The Balaban J connectivity index is 2.15. The van der Waals surface area contributed by atoms with Gasteiger partial charge in [0.1, 0.15) is 18.2 Å². The molecule has 2 N–H and O–H groups in total. The van der Waals surface area contributed by atoms with Crippen LogP contribution < -0.4 is 10.5 Å². The molecule has 0 heterocycles. The minimum absolute atomic E-state index is 0.0644. The zero-order chi connectivity index (χ0) is 15.4. The highest BCUT2D eigenvalue weighted by molar-refractivity contribution is 9.10. The zero-order valence-corrected chi connectivity index (χ0v) is 13.9. The molecule has 2 aromatic rings. The molecule has 5 heteroatoms. The molecule has 0 aliphatic carbocycles. The molecule has 0 saturated heterocycles. The molecule has 0 aromatic heterocycles. The van der Waals surface area contributed by atoms with Gasteiger partial charge in [0.05, 0.1) is 0 Å². The van der Waals surface area contributed by atoms with Crippen molar-refractivity contribution in [3.8, 4) is 5.75 Å². The summed E-state index contributed by atoms with van der Waals surface area (Å²) in [5, 5.41) is 0.625. The summed E-state index contributed by atoms with van der Waals surface area (Å²) in [6.45, 7) is 2.20. The lowest BCUT2D eigenvalue weighted by Crippen LogP contribution is -2.18. The van der Waals surface area contributed by atoms with E-state index in [0.717, 1.165) is 15.6 Å². The fourth-order valence-corrected chi connectivity index (χ4v) is 2.72. The van der Waals surface area contributed by atoms with Gasteiger partial charge >= 0.3 is 0 Å². The van der Waals surface area contributed by atoms with Crippen LogP contribution in [-0.2, 0) is 13.0 Å². The van der Waals surface area contributed by atoms with Gasteiger partial charge in [-0.15, -0.1) is 0 Å². The van der Waals surface area contributed by atoms with Crippen molar-refractivity contribution in [1.82, 2.24) is 0 Å². The minimum Gasteiger partial charge on any atom is -0.489 e. The van der Waals surface area contributed by atoms with E-state index >= 15 is 0 Å². The van der Waals surface area contributed by atoms with Crippen LogP contribution in [0.2, 0.25) is 5.02 Å². The van der Waals surface area contributed by atoms with Crippen molar-refractivity contribution in [3.05, 3.63) is 62.8 Å². The molecular weight excluding hydrogens is 357 g/mol. The number of ether oxygens (including phenoxy) is 1. The molecular formula is C16H16BrClFNO. The van der Waals surface area contributed by atoms with Crippen LogP contribution in [0, 0.1) is 5.82 Å². The van der Waals surface area contributed by atoms with Crippen LogP contribution in [0.4, 0.5) is 4.39 Å². The summed E-state index contributed by atoms with van der Waals surface area (Å²) in [6.07, 6.45) is 0.557. The summed E-state index contributed by atoms with van der Waals surface area (Å²) in [4.78, 5) is 0. The topological polar surface area (TPSA) is 35.2 Å². The molecule has 1 unspecified atom stereocenters. The lowest BCUT2D eigenvalue weighted by Gasteiger charge is -2.14. The van der Waals surface area contributed by atoms with Gasteiger partial charge in [-0.1, -0.05) is 33.6 Å². The van der Waals surface area contributed by atoms with Gasteiger partial charge in [0.25, 0.3) is 0 Å². The van der Waals surface area contributed by atoms with Gasteiger partial charge in [-0.05, 0) is 49.2 Å². The van der Waals surface area contributed by atoms with E-state index in [0.29, 0.717) is 23.8 Å². The average Bonchev–Trinajstić information content (AvgIpc) is 2.39. The van der Waals surface area contributed by atoms with Crippen LogP contribution >= 0.6 is 27.5 Å². The van der Waals surface area contributed by atoms with Crippen molar-refractivity contribution in [2.24, 2.45) is 5.73 Å². The number of benzene rings is 2. The molecule has 21 heavy (non-hydrogen) atoms. The molecule has 1 atom stereocenters. The summed E-state index contributed by atoms with van der Waals surface area (Å²) in [5.74, 6) is 0.340. The first-order valence-electron chi connectivity index (χ1n) is 6.56. The first-order chi connectivity index (χ1) is 9.95. The van der Waals surface area contributed by atoms with Gasteiger partial charge in [0.15, 0.2) is 0 Å². The van der Waals surface area contributed by atoms with Crippen LogP contribution in [0.3, 0.4) is 0 Å². The molecule has 2 rings (SSSR count). The number of rotatable bonds is 5. The fourth-order valence-electron chi connectivity index (χ4n) is 1.99. The van der Waals surface area contributed by atoms with E-state index < -0.39 is 0 Å². The summed E-state index contributed by atoms with van der Waals surface area (Å²) in [6, 6.07) is 10.0. The van der Waals surface area contributed by atoms with E-state index in [1.54, 1.807) is 6.07 Å². The lowest BCUT2D eigenvalue weighted by molar-refractivity contribution is 0.302. The van der Waals surface area contributed by atoms with Gasteiger partial charge in [-0.3, -0.25) is 0 Å². The Kier molecular flexibility index (Phi) is 5.62. The monoisotopic (exact) mass is 371 g/mol. The molecule has 0 amide bonds. The molecule has 2 nitrogen and oxygen atoms in total. The standard InChI is InChI=1S/C16H16BrClFNO/c1-10(20)6-12-7-14(19)4-5-16(12)21-9-11-2-3-13(17)8-15(11)18/h2-5,7-8,10H,6,9,20H2,1H3. The number of hydrogen-bond acceptors (Lipinski definition) is 2. The molecule has 0 aliphatic rings. The normalized spacial score (nSPS) is 12.2. The largest absolute Gasteiger partial charge is 0.489 e. The maximum absolute atomic E-state index is 13.3. The smallest absolute Gasteiger partial charge is 0.123 e. The first-order valence-corrected chi connectivity index (χ1v) is 7.73. The van der Waals surface area contributed by atoms with Crippen LogP contribution in [0.25, 0.3) is 0 Å². The Bertz CT molecular complexity index is 634. The predicted octanol–water partition coefficient (Wildman–Crippen LogP) is 4.71. The molecule has 112 valence electrons. The molecule has 0 spiro atoms. The maximum Gasteiger partial charge on any atom is 0.123 e. The highest BCUT2D eigenvalue weighted by Crippen LogP contribution is 2.25. The zero-order valence-electron chi connectivity index (χ0n) is 11.6. The van der Waals surface area contributed by atoms with Gasteiger partial charge in [-0.25, -0.2) is 4.39 Å². The summed E-state index contributed by atoms with van der Waals surface area (Å²) in [5.41, 5.74) is 7.42. The maximum atomic E-state index is 13.3. The molecule has 2 aromatic carbocycles. The molecule has 0 bridgehead atoms. The van der Waals surface area contributed by atoms with E-state index in [9.17, 15) is 4.39 Å².